The zero-order valence-corrected chi connectivity index (χ0v) is 7.88. The topological polar surface area (TPSA) is 41.5 Å². The Labute approximate surface area is 81.8 Å². The second-order valence-electron chi connectivity index (χ2n) is 3.35. The van der Waals surface area contributed by atoms with Crippen molar-refractivity contribution < 1.29 is 18.6 Å². The summed E-state index contributed by atoms with van der Waals surface area (Å²) >= 11 is 0. The van der Waals surface area contributed by atoms with Gasteiger partial charge in [-0.15, -0.1) is 0 Å². The Balaban J connectivity index is 2.11. The van der Waals surface area contributed by atoms with Crippen molar-refractivity contribution in [3.05, 3.63) is 12.3 Å². The summed E-state index contributed by atoms with van der Waals surface area (Å²) in [7, 11) is 0. The zero-order chi connectivity index (χ0) is 10.4. The number of aliphatic hydroxyl groups excluding tert-OH is 1. The molecule has 1 aliphatic heterocycles. The van der Waals surface area contributed by atoms with E-state index in [1.54, 1.807) is 6.26 Å². The Hall–Kier alpha value is -0.680. The first kappa shape index (κ1) is 11.4. The molecule has 1 unspecified atom stereocenters. The van der Waals surface area contributed by atoms with E-state index >= 15 is 0 Å². The van der Waals surface area contributed by atoms with Crippen LogP contribution in [-0.4, -0.2) is 36.8 Å². The third kappa shape index (κ3) is 4.02. The monoisotopic (exact) mass is 207 g/mol. The van der Waals surface area contributed by atoms with Crippen LogP contribution in [-0.2, 0) is 4.74 Å². The van der Waals surface area contributed by atoms with Crippen LogP contribution in [0.25, 0.3) is 0 Å². The molecule has 2 N–H and O–H groups in total. The summed E-state index contributed by atoms with van der Waals surface area (Å²) in [4.78, 5) is 0. The summed E-state index contributed by atoms with van der Waals surface area (Å²) in [5.41, 5.74) is 0. The summed E-state index contributed by atoms with van der Waals surface area (Å²) < 4.78 is 30.3. The van der Waals surface area contributed by atoms with Crippen LogP contribution in [0.1, 0.15) is 12.8 Å². The fourth-order valence-electron chi connectivity index (χ4n) is 1.21. The van der Waals surface area contributed by atoms with Crippen molar-refractivity contribution in [2.45, 2.75) is 24.9 Å². The van der Waals surface area contributed by atoms with Crippen molar-refractivity contribution in [2.75, 3.05) is 19.7 Å². The van der Waals surface area contributed by atoms with Gasteiger partial charge in [-0.3, -0.25) is 0 Å². The maximum Gasteiger partial charge on any atom is 0.282 e. The number of ether oxygens (including phenoxy) is 1. The van der Waals surface area contributed by atoms with Crippen LogP contribution in [0.15, 0.2) is 12.3 Å². The number of nitrogens with one attached hydrogen (secondary N) is 1. The number of halogens is 2. The Morgan fingerprint density at radius 3 is 2.93 bits per heavy atom. The minimum absolute atomic E-state index is 0.0329. The smallest absolute Gasteiger partial charge is 0.282 e. The summed E-state index contributed by atoms with van der Waals surface area (Å²) in [5.74, 6) is -3.04. The van der Waals surface area contributed by atoms with Crippen molar-refractivity contribution in [3.8, 4) is 0 Å². The molecule has 1 heterocycles. The molecule has 3 nitrogen and oxygen atoms in total. The second kappa shape index (κ2) is 5.26. The van der Waals surface area contributed by atoms with Crippen molar-refractivity contribution in [2.24, 2.45) is 0 Å². The van der Waals surface area contributed by atoms with Gasteiger partial charge in [-0.25, -0.2) is 8.78 Å². The van der Waals surface area contributed by atoms with E-state index in [0.29, 0.717) is 6.54 Å². The molecule has 1 atom stereocenters. The Morgan fingerprint density at radius 2 is 2.36 bits per heavy atom. The maximum absolute atomic E-state index is 12.5. The van der Waals surface area contributed by atoms with E-state index in [9.17, 15) is 8.78 Å². The average molecular weight is 207 g/mol. The van der Waals surface area contributed by atoms with Gasteiger partial charge in [0.15, 0.2) is 0 Å². The zero-order valence-electron chi connectivity index (χ0n) is 7.88. The number of aliphatic hydroxyl groups is 1. The fourth-order valence-corrected chi connectivity index (χ4v) is 1.21. The molecule has 0 saturated carbocycles. The molecule has 0 radical (unpaired) electrons. The summed E-state index contributed by atoms with van der Waals surface area (Å²) in [5, 5.41) is 10.9. The standard InChI is InChI=1S/C9H15F2NO2/c10-9(11,7-13)6-12-5-8-3-1-2-4-14-8/h2,4,8,12-13H,1,3,5-7H2. The van der Waals surface area contributed by atoms with E-state index in [4.69, 9.17) is 9.84 Å². The molecule has 0 saturated heterocycles. The van der Waals surface area contributed by atoms with Gasteiger partial charge in [0.05, 0.1) is 12.8 Å². The van der Waals surface area contributed by atoms with Crippen molar-refractivity contribution in [3.63, 3.8) is 0 Å². The number of hydrogen-bond acceptors (Lipinski definition) is 3. The van der Waals surface area contributed by atoms with Crippen LogP contribution < -0.4 is 5.32 Å². The summed E-state index contributed by atoms with van der Waals surface area (Å²) in [6.45, 7) is -1.24. The van der Waals surface area contributed by atoms with Crippen molar-refractivity contribution >= 4 is 0 Å². The highest BCUT2D eigenvalue weighted by Crippen LogP contribution is 2.12. The van der Waals surface area contributed by atoms with Gasteiger partial charge in [0.1, 0.15) is 12.7 Å². The second-order valence-corrected chi connectivity index (χ2v) is 3.35. The molecule has 0 aromatic rings. The van der Waals surface area contributed by atoms with E-state index in [0.717, 1.165) is 12.8 Å². The van der Waals surface area contributed by atoms with Crippen LogP contribution in [0.2, 0.25) is 0 Å². The molecule has 5 heteroatoms. The van der Waals surface area contributed by atoms with Gasteiger partial charge in [-0.2, -0.15) is 0 Å². The van der Waals surface area contributed by atoms with Crippen molar-refractivity contribution in [1.29, 1.82) is 0 Å². The molecule has 0 amide bonds. The minimum Gasteiger partial charge on any atom is -0.497 e. The highest BCUT2D eigenvalue weighted by Gasteiger charge is 2.27. The van der Waals surface area contributed by atoms with Crippen LogP contribution in [0.3, 0.4) is 0 Å². The van der Waals surface area contributed by atoms with E-state index < -0.39 is 19.1 Å². The number of hydrogen-bond donors (Lipinski definition) is 2. The highest BCUT2D eigenvalue weighted by molar-refractivity contribution is 4.83. The van der Waals surface area contributed by atoms with E-state index in [1.165, 1.54) is 0 Å². The first-order chi connectivity index (χ1) is 6.64. The third-order valence-electron chi connectivity index (χ3n) is 2.01. The molecular weight excluding hydrogens is 192 g/mol. The molecule has 0 aliphatic carbocycles. The highest BCUT2D eigenvalue weighted by atomic mass is 19.3. The molecule has 82 valence electrons. The van der Waals surface area contributed by atoms with Crippen LogP contribution in [0.5, 0.6) is 0 Å². The lowest BCUT2D eigenvalue weighted by Crippen LogP contribution is -2.39. The normalized spacial score (nSPS) is 22.1. The first-order valence-electron chi connectivity index (χ1n) is 4.64. The molecule has 1 rings (SSSR count). The van der Waals surface area contributed by atoms with Gasteiger partial charge >= 0.3 is 0 Å². The lowest BCUT2D eigenvalue weighted by atomic mass is 10.1. The van der Waals surface area contributed by atoms with E-state index in [2.05, 4.69) is 5.32 Å². The lowest BCUT2D eigenvalue weighted by Gasteiger charge is -2.21. The first-order valence-corrected chi connectivity index (χ1v) is 4.64. The minimum atomic E-state index is -3.04. The van der Waals surface area contributed by atoms with E-state index in [-0.39, 0.29) is 6.10 Å². The summed E-state index contributed by atoms with van der Waals surface area (Å²) in [6.07, 6.45) is 5.23. The molecule has 14 heavy (non-hydrogen) atoms. The van der Waals surface area contributed by atoms with Crippen LogP contribution >= 0.6 is 0 Å². The Bertz CT molecular complexity index is 197. The number of rotatable bonds is 5. The van der Waals surface area contributed by atoms with Gasteiger partial charge in [0.25, 0.3) is 5.92 Å². The fraction of sp³-hybridized carbons (Fsp3) is 0.778. The number of alkyl halides is 2. The van der Waals surface area contributed by atoms with Gasteiger partial charge in [-0.05, 0) is 18.9 Å². The molecule has 0 spiro atoms. The summed E-state index contributed by atoms with van der Waals surface area (Å²) in [6, 6.07) is 0. The average Bonchev–Trinajstić information content (AvgIpc) is 2.19. The molecular formula is C9H15F2NO2. The predicted octanol–water partition coefficient (Wildman–Crippen LogP) is 0.896. The molecule has 0 fully saturated rings. The lowest BCUT2D eigenvalue weighted by molar-refractivity contribution is -0.0492. The van der Waals surface area contributed by atoms with Gasteiger partial charge in [-0.1, -0.05) is 0 Å². The predicted molar refractivity (Wildman–Crippen MR) is 48.1 cm³/mol. The Morgan fingerprint density at radius 1 is 1.57 bits per heavy atom. The van der Waals surface area contributed by atoms with Gasteiger partial charge in [0, 0.05) is 6.54 Å². The SMILES string of the molecule is OCC(F)(F)CNCC1CCC=CO1. The van der Waals surface area contributed by atoms with E-state index in [1.807, 2.05) is 6.08 Å². The number of allylic oxidation sites excluding steroid dienone is 1. The largest absolute Gasteiger partial charge is 0.497 e. The molecule has 1 aliphatic rings. The Kier molecular flexibility index (Phi) is 4.28. The van der Waals surface area contributed by atoms with Crippen molar-refractivity contribution in [1.82, 2.24) is 5.32 Å². The van der Waals surface area contributed by atoms with Crippen LogP contribution in [0, 0.1) is 0 Å². The van der Waals surface area contributed by atoms with Gasteiger partial charge < -0.3 is 15.2 Å². The maximum atomic E-state index is 12.5. The van der Waals surface area contributed by atoms with Gasteiger partial charge in [0.2, 0.25) is 0 Å². The molecule has 0 bridgehead atoms. The van der Waals surface area contributed by atoms with Crippen LogP contribution in [0.4, 0.5) is 8.78 Å². The quantitative estimate of drug-likeness (QED) is 0.703. The third-order valence-corrected chi connectivity index (χ3v) is 2.01. The molecule has 0 aromatic carbocycles. The molecule has 0 aromatic heterocycles.